The number of aryl methyl sites for hydroxylation is 1. The lowest BCUT2D eigenvalue weighted by molar-refractivity contribution is 0.572. The standard InChI is InChI=1S/C24H27N5O.HI/c1-3-25-24(26-13-12-19-14-27-22-17(2)8-7-11-21(19)22)28-15-20-16-30-23(29-20)18-9-5-4-6-10-18;/h4-11,14,16,27H,3,12-13,15H2,1-2H3,(H2,25,26,28);1H. The third kappa shape index (κ3) is 5.66. The fraction of sp³-hybridized carbons (Fsp3) is 0.250. The molecule has 0 spiro atoms. The molecule has 4 aromatic rings. The van der Waals surface area contributed by atoms with Gasteiger partial charge in [-0.05, 0) is 43.5 Å². The number of aliphatic imine (C=N–C) groups is 1. The molecular formula is C24H28IN5O. The molecule has 31 heavy (non-hydrogen) atoms. The number of halogens is 1. The van der Waals surface area contributed by atoms with Gasteiger partial charge >= 0.3 is 0 Å². The Hall–Kier alpha value is -2.81. The van der Waals surface area contributed by atoms with Crippen molar-refractivity contribution in [3.63, 3.8) is 0 Å². The van der Waals surface area contributed by atoms with Crippen molar-refractivity contribution < 1.29 is 4.42 Å². The molecule has 0 atom stereocenters. The molecule has 0 unspecified atom stereocenters. The molecule has 0 bridgehead atoms. The van der Waals surface area contributed by atoms with Gasteiger partial charge in [0.25, 0.3) is 0 Å². The summed E-state index contributed by atoms with van der Waals surface area (Å²) in [5.74, 6) is 1.39. The lowest BCUT2D eigenvalue weighted by atomic mass is 10.1. The lowest BCUT2D eigenvalue weighted by Crippen LogP contribution is -2.38. The summed E-state index contributed by atoms with van der Waals surface area (Å²) in [6.07, 6.45) is 4.68. The van der Waals surface area contributed by atoms with Crippen molar-refractivity contribution in [1.82, 2.24) is 20.6 Å². The van der Waals surface area contributed by atoms with Gasteiger partial charge in [-0.25, -0.2) is 9.98 Å². The largest absolute Gasteiger partial charge is 0.444 e. The number of aromatic amines is 1. The van der Waals surface area contributed by atoms with Gasteiger partial charge < -0.3 is 20.0 Å². The van der Waals surface area contributed by atoms with E-state index in [2.05, 4.69) is 63.8 Å². The van der Waals surface area contributed by atoms with E-state index in [1.165, 1.54) is 22.0 Å². The number of para-hydroxylation sites is 1. The topological polar surface area (TPSA) is 78.2 Å². The second-order valence-corrected chi connectivity index (χ2v) is 7.19. The summed E-state index contributed by atoms with van der Waals surface area (Å²) >= 11 is 0. The zero-order valence-electron chi connectivity index (χ0n) is 17.8. The van der Waals surface area contributed by atoms with Crippen LogP contribution < -0.4 is 10.6 Å². The highest BCUT2D eigenvalue weighted by Gasteiger charge is 2.08. The Morgan fingerprint density at radius 2 is 1.94 bits per heavy atom. The molecule has 0 amide bonds. The van der Waals surface area contributed by atoms with Crippen molar-refractivity contribution >= 4 is 40.8 Å². The first-order chi connectivity index (χ1) is 14.7. The predicted molar refractivity (Wildman–Crippen MR) is 137 cm³/mol. The van der Waals surface area contributed by atoms with Crippen LogP contribution in [0.15, 0.2) is 70.4 Å². The summed E-state index contributed by atoms with van der Waals surface area (Å²) in [6.45, 7) is 6.23. The van der Waals surface area contributed by atoms with Crippen LogP contribution in [0.25, 0.3) is 22.4 Å². The molecular weight excluding hydrogens is 501 g/mol. The summed E-state index contributed by atoms with van der Waals surface area (Å²) in [5, 5.41) is 7.99. The van der Waals surface area contributed by atoms with Crippen LogP contribution in [0.4, 0.5) is 0 Å². The Labute approximate surface area is 199 Å². The minimum atomic E-state index is 0. The molecule has 162 valence electrons. The summed E-state index contributed by atoms with van der Waals surface area (Å²) in [7, 11) is 0. The molecule has 2 heterocycles. The molecule has 4 rings (SSSR count). The Bertz CT molecular complexity index is 1130. The van der Waals surface area contributed by atoms with Crippen molar-refractivity contribution in [3.05, 3.63) is 77.8 Å². The molecule has 0 radical (unpaired) electrons. The summed E-state index contributed by atoms with van der Waals surface area (Å²) in [4.78, 5) is 12.6. The van der Waals surface area contributed by atoms with Crippen molar-refractivity contribution in [2.45, 2.75) is 26.8 Å². The van der Waals surface area contributed by atoms with Crippen LogP contribution in [0, 0.1) is 6.92 Å². The van der Waals surface area contributed by atoms with E-state index in [-0.39, 0.29) is 24.0 Å². The number of guanidine groups is 1. The molecule has 0 aliphatic rings. The number of fused-ring (bicyclic) bond motifs is 1. The van der Waals surface area contributed by atoms with E-state index >= 15 is 0 Å². The quantitative estimate of drug-likeness (QED) is 0.178. The van der Waals surface area contributed by atoms with Crippen LogP contribution in [0.1, 0.15) is 23.7 Å². The summed E-state index contributed by atoms with van der Waals surface area (Å²) in [5.41, 5.74) is 5.56. The highest BCUT2D eigenvalue weighted by atomic mass is 127. The van der Waals surface area contributed by atoms with Crippen molar-refractivity contribution in [3.8, 4) is 11.5 Å². The lowest BCUT2D eigenvalue weighted by Gasteiger charge is -2.10. The van der Waals surface area contributed by atoms with Gasteiger partial charge in [0.1, 0.15) is 12.0 Å². The highest BCUT2D eigenvalue weighted by molar-refractivity contribution is 14.0. The van der Waals surface area contributed by atoms with Crippen LogP contribution >= 0.6 is 24.0 Å². The van der Waals surface area contributed by atoms with Crippen LogP contribution in [0.2, 0.25) is 0 Å². The van der Waals surface area contributed by atoms with Crippen molar-refractivity contribution in [2.75, 3.05) is 13.1 Å². The third-order valence-electron chi connectivity index (χ3n) is 5.01. The van der Waals surface area contributed by atoms with Crippen LogP contribution in [-0.4, -0.2) is 29.0 Å². The maximum atomic E-state index is 5.60. The SMILES string of the molecule is CCNC(=NCc1coc(-c2ccccc2)n1)NCCc1c[nH]c2c(C)cccc12.I. The normalized spacial score (nSPS) is 11.4. The monoisotopic (exact) mass is 529 g/mol. The molecule has 3 N–H and O–H groups in total. The van der Waals surface area contributed by atoms with Gasteiger partial charge in [-0.15, -0.1) is 24.0 Å². The van der Waals surface area contributed by atoms with Gasteiger partial charge in [-0.2, -0.15) is 0 Å². The molecule has 2 aromatic heterocycles. The average Bonchev–Trinajstić information content (AvgIpc) is 3.41. The molecule has 2 aromatic carbocycles. The number of nitrogens with zero attached hydrogens (tertiary/aromatic N) is 2. The van der Waals surface area contributed by atoms with Gasteiger partial charge in [-0.1, -0.05) is 36.4 Å². The second kappa shape index (κ2) is 11.0. The number of hydrogen-bond acceptors (Lipinski definition) is 3. The molecule has 7 heteroatoms. The third-order valence-corrected chi connectivity index (χ3v) is 5.01. The maximum Gasteiger partial charge on any atom is 0.226 e. The number of benzene rings is 2. The second-order valence-electron chi connectivity index (χ2n) is 7.19. The minimum Gasteiger partial charge on any atom is -0.444 e. The van der Waals surface area contributed by atoms with Gasteiger partial charge in [0, 0.05) is 35.8 Å². The molecule has 0 fully saturated rings. The molecule has 0 saturated carbocycles. The maximum absolute atomic E-state index is 5.60. The van der Waals surface area contributed by atoms with E-state index in [0.717, 1.165) is 36.7 Å². The Balaban J connectivity index is 0.00000272. The number of nitrogens with one attached hydrogen (secondary N) is 3. The first kappa shape index (κ1) is 22.9. The molecule has 0 aliphatic heterocycles. The number of H-pyrrole nitrogens is 1. The number of hydrogen-bond donors (Lipinski definition) is 3. The number of oxazole rings is 1. The van der Waals surface area contributed by atoms with E-state index in [9.17, 15) is 0 Å². The fourth-order valence-electron chi connectivity index (χ4n) is 3.48. The summed E-state index contributed by atoms with van der Waals surface area (Å²) < 4.78 is 5.60. The number of aromatic nitrogens is 2. The van der Waals surface area contributed by atoms with E-state index in [1.807, 2.05) is 30.3 Å². The fourth-order valence-corrected chi connectivity index (χ4v) is 3.48. The highest BCUT2D eigenvalue weighted by Crippen LogP contribution is 2.21. The average molecular weight is 529 g/mol. The van der Waals surface area contributed by atoms with Crippen molar-refractivity contribution in [2.24, 2.45) is 4.99 Å². The predicted octanol–water partition coefficient (Wildman–Crippen LogP) is 5.05. The van der Waals surface area contributed by atoms with Crippen LogP contribution in [0.3, 0.4) is 0 Å². The Morgan fingerprint density at radius 1 is 1.10 bits per heavy atom. The first-order valence-electron chi connectivity index (χ1n) is 10.3. The zero-order chi connectivity index (χ0) is 20.8. The van der Waals surface area contributed by atoms with E-state index in [4.69, 9.17) is 4.42 Å². The van der Waals surface area contributed by atoms with Gasteiger partial charge in [0.2, 0.25) is 5.89 Å². The van der Waals surface area contributed by atoms with Crippen LogP contribution in [0.5, 0.6) is 0 Å². The van der Waals surface area contributed by atoms with Gasteiger partial charge in [0.05, 0.1) is 6.54 Å². The van der Waals surface area contributed by atoms with E-state index in [1.54, 1.807) is 6.26 Å². The van der Waals surface area contributed by atoms with Gasteiger partial charge in [-0.3, -0.25) is 0 Å². The van der Waals surface area contributed by atoms with Crippen LogP contribution in [-0.2, 0) is 13.0 Å². The zero-order valence-corrected chi connectivity index (χ0v) is 20.1. The smallest absolute Gasteiger partial charge is 0.226 e. The Kier molecular flexibility index (Phi) is 8.11. The minimum absolute atomic E-state index is 0. The molecule has 6 nitrogen and oxygen atoms in total. The Morgan fingerprint density at radius 3 is 2.74 bits per heavy atom. The van der Waals surface area contributed by atoms with E-state index < -0.39 is 0 Å². The van der Waals surface area contributed by atoms with Gasteiger partial charge in [0.15, 0.2) is 5.96 Å². The first-order valence-corrected chi connectivity index (χ1v) is 10.3. The molecule has 0 saturated heterocycles. The number of rotatable bonds is 7. The van der Waals surface area contributed by atoms with E-state index in [0.29, 0.717) is 12.4 Å². The molecule has 0 aliphatic carbocycles. The van der Waals surface area contributed by atoms with Crippen molar-refractivity contribution in [1.29, 1.82) is 0 Å². The summed E-state index contributed by atoms with van der Waals surface area (Å²) in [6, 6.07) is 16.3.